The third-order valence-electron chi connectivity index (χ3n) is 5.86. The van der Waals surface area contributed by atoms with Gasteiger partial charge in [-0.2, -0.15) is 0 Å². The maximum atomic E-state index is 13.2. The van der Waals surface area contributed by atoms with Crippen molar-refractivity contribution in [3.63, 3.8) is 0 Å². The highest BCUT2D eigenvalue weighted by molar-refractivity contribution is 6.14. The third kappa shape index (κ3) is 5.81. The SMILES string of the molecule is CC(C)C[C@@H](C(=O)N[C@H](C=O)CC(=O)O)N1CC[C@@H](NC(=O)C2=c3ccccc3=CCN2)C1=O. The van der Waals surface area contributed by atoms with Crippen LogP contribution < -0.4 is 26.4 Å². The van der Waals surface area contributed by atoms with Crippen molar-refractivity contribution >= 4 is 41.8 Å². The molecule has 3 rings (SSSR count). The molecule has 4 N–H and O–H groups in total. The molecular formula is C24H30N4O6. The number of carboxylic acid groups (broad SMARTS) is 1. The van der Waals surface area contributed by atoms with Crippen molar-refractivity contribution < 1.29 is 29.1 Å². The van der Waals surface area contributed by atoms with Crippen LogP contribution in [0.4, 0.5) is 0 Å². The lowest BCUT2D eigenvalue weighted by Gasteiger charge is -2.29. The topological polar surface area (TPSA) is 145 Å². The molecule has 0 unspecified atom stereocenters. The van der Waals surface area contributed by atoms with E-state index < -0.39 is 42.3 Å². The fraction of sp³-hybridized carbons (Fsp3) is 0.458. The number of carbonyl (C=O) groups is 5. The summed E-state index contributed by atoms with van der Waals surface area (Å²) in [6.07, 6.45) is 2.47. The van der Waals surface area contributed by atoms with E-state index in [1.54, 1.807) is 0 Å². The molecular weight excluding hydrogens is 440 g/mol. The first kappa shape index (κ1) is 24.9. The summed E-state index contributed by atoms with van der Waals surface area (Å²) in [5, 5.41) is 18.9. The van der Waals surface area contributed by atoms with Crippen molar-refractivity contribution in [1.82, 2.24) is 20.9 Å². The zero-order valence-corrected chi connectivity index (χ0v) is 19.2. The summed E-state index contributed by atoms with van der Waals surface area (Å²) in [6.45, 7) is 4.55. The molecule has 1 aromatic carbocycles. The van der Waals surface area contributed by atoms with Crippen LogP contribution in [0.15, 0.2) is 24.3 Å². The second-order valence-corrected chi connectivity index (χ2v) is 8.89. The Hall–Kier alpha value is -3.69. The van der Waals surface area contributed by atoms with E-state index >= 15 is 0 Å². The summed E-state index contributed by atoms with van der Waals surface area (Å²) in [6, 6.07) is 4.63. The Balaban J connectivity index is 1.74. The molecule has 3 amide bonds. The second-order valence-electron chi connectivity index (χ2n) is 8.89. The van der Waals surface area contributed by atoms with Gasteiger partial charge in [-0.15, -0.1) is 0 Å². The number of amides is 3. The molecule has 0 saturated carbocycles. The van der Waals surface area contributed by atoms with Crippen LogP contribution in [0.25, 0.3) is 11.8 Å². The molecule has 3 atom stereocenters. The zero-order valence-electron chi connectivity index (χ0n) is 19.2. The smallest absolute Gasteiger partial charge is 0.305 e. The van der Waals surface area contributed by atoms with E-state index in [0.717, 1.165) is 10.4 Å². The minimum Gasteiger partial charge on any atom is -0.481 e. The van der Waals surface area contributed by atoms with E-state index in [2.05, 4.69) is 16.0 Å². The minimum atomic E-state index is -1.22. The number of aldehydes is 1. The van der Waals surface area contributed by atoms with E-state index in [1.807, 2.05) is 44.2 Å². The van der Waals surface area contributed by atoms with Gasteiger partial charge in [-0.25, -0.2) is 0 Å². The normalized spacial score (nSPS) is 18.9. The Morgan fingerprint density at radius 2 is 2.00 bits per heavy atom. The average Bonchev–Trinajstić information content (AvgIpc) is 3.15. The number of carboxylic acids is 1. The maximum absolute atomic E-state index is 13.2. The lowest BCUT2D eigenvalue weighted by Crippen LogP contribution is -2.53. The first-order valence-corrected chi connectivity index (χ1v) is 11.3. The van der Waals surface area contributed by atoms with Gasteiger partial charge < -0.3 is 30.8 Å². The van der Waals surface area contributed by atoms with Crippen molar-refractivity contribution in [3.05, 3.63) is 34.7 Å². The van der Waals surface area contributed by atoms with Crippen LogP contribution >= 0.6 is 0 Å². The second kappa shape index (κ2) is 11.0. The summed E-state index contributed by atoms with van der Waals surface area (Å²) < 4.78 is 0. The highest BCUT2D eigenvalue weighted by Crippen LogP contribution is 2.20. The Kier molecular flexibility index (Phi) is 8.04. The Morgan fingerprint density at radius 1 is 1.26 bits per heavy atom. The standard InChI is InChI=1S/C24H30N4O6/c1-14(2)11-19(22(32)26-16(13-29)12-20(30)31)28-10-8-18(24(28)34)27-23(33)21-17-6-4-3-5-15(17)7-9-25-21/h3-7,13-14,16,18-19,25H,8-12H2,1-2H3,(H,26,32)(H,27,33)(H,30,31)/t16-,18+,19-/m0/s1. The summed E-state index contributed by atoms with van der Waals surface area (Å²) in [7, 11) is 0. The number of likely N-dealkylation sites (tertiary alicyclic amines) is 1. The van der Waals surface area contributed by atoms with Crippen LogP contribution in [-0.4, -0.2) is 71.2 Å². The van der Waals surface area contributed by atoms with Crippen molar-refractivity contribution in [2.45, 2.75) is 51.2 Å². The molecule has 2 aliphatic heterocycles. The van der Waals surface area contributed by atoms with Crippen molar-refractivity contribution in [2.24, 2.45) is 5.92 Å². The molecule has 10 nitrogen and oxygen atoms in total. The summed E-state index contributed by atoms with van der Waals surface area (Å²) in [5.74, 6) is -2.52. The number of rotatable bonds is 10. The van der Waals surface area contributed by atoms with Crippen LogP contribution in [0.1, 0.15) is 33.1 Å². The van der Waals surface area contributed by atoms with Gasteiger partial charge in [0, 0.05) is 18.3 Å². The average molecular weight is 471 g/mol. The largest absolute Gasteiger partial charge is 0.481 e. The number of fused-ring (bicyclic) bond motifs is 1. The number of nitrogens with zero attached hydrogens (tertiary/aromatic N) is 1. The Bertz CT molecular complexity index is 1100. The quantitative estimate of drug-likeness (QED) is 0.304. The number of hydrogen-bond acceptors (Lipinski definition) is 6. The molecule has 1 fully saturated rings. The van der Waals surface area contributed by atoms with E-state index in [0.29, 0.717) is 31.4 Å². The zero-order chi connectivity index (χ0) is 24.8. The molecule has 0 spiro atoms. The number of nitrogens with one attached hydrogen (secondary N) is 3. The number of benzene rings is 1. The van der Waals surface area contributed by atoms with Crippen molar-refractivity contribution in [2.75, 3.05) is 13.1 Å². The van der Waals surface area contributed by atoms with Crippen LogP contribution in [0.5, 0.6) is 0 Å². The summed E-state index contributed by atoms with van der Waals surface area (Å²) in [4.78, 5) is 62.6. The molecule has 34 heavy (non-hydrogen) atoms. The van der Waals surface area contributed by atoms with Gasteiger partial charge in [0.1, 0.15) is 24.1 Å². The molecule has 0 bridgehead atoms. The van der Waals surface area contributed by atoms with Gasteiger partial charge in [-0.05, 0) is 24.0 Å². The molecule has 2 aliphatic rings. The number of carbonyl (C=O) groups excluding carboxylic acids is 4. The van der Waals surface area contributed by atoms with Crippen LogP contribution in [0.3, 0.4) is 0 Å². The fourth-order valence-electron chi connectivity index (χ4n) is 4.26. The highest BCUT2D eigenvalue weighted by atomic mass is 16.4. The highest BCUT2D eigenvalue weighted by Gasteiger charge is 2.40. The minimum absolute atomic E-state index is 0.0566. The van der Waals surface area contributed by atoms with E-state index in [1.165, 1.54) is 4.90 Å². The predicted molar refractivity (Wildman–Crippen MR) is 123 cm³/mol. The first-order valence-electron chi connectivity index (χ1n) is 11.3. The molecule has 0 radical (unpaired) electrons. The summed E-state index contributed by atoms with van der Waals surface area (Å²) in [5.41, 5.74) is 0.392. The molecule has 1 saturated heterocycles. The molecule has 1 aromatic rings. The number of aliphatic carboxylic acids is 1. The Morgan fingerprint density at radius 3 is 2.68 bits per heavy atom. The monoisotopic (exact) mass is 470 g/mol. The van der Waals surface area contributed by atoms with Crippen molar-refractivity contribution in [1.29, 1.82) is 0 Å². The van der Waals surface area contributed by atoms with E-state index in [-0.39, 0.29) is 18.4 Å². The predicted octanol–water partition coefficient (Wildman–Crippen LogP) is -1.53. The van der Waals surface area contributed by atoms with Gasteiger partial charge in [-0.1, -0.05) is 44.2 Å². The van der Waals surface area contributed by atoms with Gasteiger partial charge in [0.15, 0.2) is 0 Å². The van der Waals surface area contributed by atoms with Crippen molar-refractivity contribution in [3.8, 4) is 0 Å². The molecule has 0 aliphatic carbocycles. The van der Waals surface area contributed by atoms with Gasteiger partial charge in [-0.3, -0.25) is 19.2 Å². The van der Waals surface area contributed by atoms with Gasteiger partial charge >= 0.3 is 5.97 Å². The lowest BCUT2D eigenvalue weighted by molar-refractivity contribution is -0.141. The Labute approximate surface area is 197 Å². The van der Waals surface area contributed by atoms with E-state index in [4.69, 9.17) is 5.11 Å². The molecule has 2 heterocycles. The lowest BCUT2D eigenvalue weighted by atomic mass is 10.0. The van der Waals surface area contributed by atoms with E-state index in [9.17, 15) is 24.0 Å². The van der Waals surface area contributed by atoms with Crippen LogP contribution in [0, 0.1) is 5.92 Å². The van der Waals surface area contributed by atoms with Crippen LogP contribution in [0.2, 0.25) is 0 Å². The molecule has 10 heteroatoms. The summed E-state index contributed by atoms with van der Waals surface area (Å²) >= 11 is 0. The molecule has 182 valence electrons. The first-order chi connectivity index (χ1) is 16.2. The molecule has 0 aromatic heterocycles. The van der Waals surface area contributed by atoms with Gasteiger partial charge in [0.25, 0.3) is 5.91 Å². The maximum Gasteiger partial charge on any atom is 0.305 e. The van der Waals surface area contributed by atoms with Gasteiger partial charge in [0.2, 0.25) is 11.8 Å². The van der Waals surface area contributed by atoms with Gasteiger partial charge in [0.05, 0.1) is 12.5 Å². The third-order valence-corrected chi connectivity index (χ3v) is 5.86. The van der Waals surface area contributed by atoms with Crippen LogP contribution in [-0.2, 0) is 24.0 Å². The fourth-order valence-corrected chi connectivity index (χ4v) is 4.26. The number of hydrogen-bond donors (Lipinski definition) is 4.